The third-order valence-electron chi connectivity index (χ3n) is 3.20. The lowest BCUT2D eigenvalue weighted by Gasteiger charge is -2.10. The zero-order valence-corrected chi connectivity index (χ0v) is 11.4. The average molecular weight is 254 g/mol. The fraction of sp³-hybridized carbons (Fsp3) is 0.188. The van der Waals surface area contributed by atoms with Crippen LogP contribution in [-0.2, 0) is 0 Å². The van der Waals surface area contributed by atoms with Crippen molar-refractivity contribution in [2.75, 3.05) is 0 Å². The van der Waals surface area contributed by atoms with Gasteiger partial charge in [0.15, 0.2) is 0 Å². The number of nitrogens with two attached hydrogens (primary N) is 1. The van der Waals surface area contributed by atoms with Gasteiger partial charge in [-0.05, 0) is 67.8 Å². The Hall–Kier alpha value is -2.29. The van der Waals surface area contributed by atoms with Gasteiger partial charge in [0.1, 0.15) is 17.3 Å². The molecule has 0 amide bonds. The van der Waals surface area contributed by atoms with E-state index in [4.69, 9.17) is 15.9 Å². The molecule has 0 aliphatic heterocycles. The Balaban J connectivity index is 2.26. The SMILES string of the molecule is Cc1ccc(Oc2ccc(C(=N)N)c(C)c2)cc1C. The second kappa shape index (κ2) is 5.14. The molecule has 0 aliphatic rings. The topological polar surface area (TPSA) is 59.1 Å². The molecule has 0 spiro atoms. The van der Waals surface area contributed by atoms with E-state index in [9.17, 15) is 0 Å². The molecule has 0 unspecified atom stereocenters. The molecule has 19 heavy (non-hydrogen) atoms. The lowest BCUT2D eigenvalue weighted by molar-refractivity contribution is 0.481. The van der Waals surface area contributed by atoms with Crippen molar-refractivity contribution in [2.45, 2.75) is 20.8 Å². The lowest BCUT2D eigenvalue weighted by Crippen LogP contribution is -2.12. The third-order valence-corrected chi connectivity index (χ3v) is 3.20. The van der Waals surface area contributed by atoms with Crippen molar-refractivity contribution in [3.8, 4) is 11.5 Å². The summed E-state index contributed by atoms with van der Waals surface area (Å²) < 4.78 is 5.82. The number of hydrogen-bond donors (Lipinski definition) is 2. The Kier molecular flexibility index (Phi) is 3.56. The van der Waals surface area contributed by atoms with Crippen LogP contribution in [0, 0.1) is 26.2 Å². The number of benzene rings is 2. The van der Waals surface area contributed by atoms with Gasteiger partial charge in [-0.1, -0.05) is 6.07 Å². The van der Waals surface area contributed by atoms with Gasteiger partial charge in [-0.25, -0.2) is 0 Å². The summed E-state index contributed by atoms with van der Waals surface area (Å²) in [5.41, 5.74) is 9.63. The first-order valence-electron chi connectivity index (χ1n) is 6.17. The van der Waals surface area contributed by atoms with E-state index in [1.807, 2.05) is 43.3 Å². The predicted octanol–water partition coefficient (Wildman–Crippen LogP) is 3.69. The standard InChI is InChI=1S/C16H18N2O/c1-10-4-5-13(8-11(10)2)19-14-6-7-15(16(17)18)12(3)9-14/h4-9H,1-3H3,(H3,17,18). The summed E-state index contributed by atoms with van der Waals surface area (Å²) in [7, 11) is 0. The largest absolute Gasteiger partial charge is 0.457 e. The third kappa shape index (κ3) is 2.94. The molecule has 0 atom stereocenters. The summed E-state index contributed by atoms with van der Waals surface area (Å²) >= 11 is 0. The van der Waals surface area contributed by atoms with E-state index in [2.05, 4.69) is 13.8 Å². The van der Waals surface area contributed by atoms with Crippen LogP contribution in [0.25, 0.3) is 0 Å². The molecular weight excluding hydrogens is 236 g/mol. The normalized spacial score (nSPS) is 10.3. The van der Waals surface area contributed by atoms with Gasteiger partial charge in [0.05, 0.1) is 0 Å². The molecular formula is C16H18N2O. The molecule has 0 bridgehead atoms. The van der Waals surface area contributed by atoms with Crippen LogP contribution in [0.1, 0.15) is 22.3 Å². The highest BCUT2D eigenvalue weighted by Crippen LogP contribution is 2.25. The Morgan fingerprint density at radius 3 is 2.00 bits per heavy atom. The molecule has 0 fully saturated rings. The molecule has 3 nitrogen and oxygen atoms in total. The van der Waals surface area contributed by atoms with E-state index >= 15 is 0 Å². The van der Waals surface area contributed by atoms with Crippen LogP contribution in [0.3, 0.4) is 0 Å². The zero-order valence-electron chi connectivity index (χ0n) is 11.4. The maximum absolute atomic E-state index is 7.46. The van der Waals surface area contributed by atoms with Crippen molar-refractivity contribution in [3.63, 3.8) is 0 Å². The molecule has 0 saturated carbocycles. The van der Waals surface area contributed by atoms with Gasteiger partial charge in [-0.2, -0.15) is 0 Å². The monoisotopic (exact) mass is 254 g/mol. The van der Waals surface area contributed by atoms with E-state index in [1.54, 1.807) is 0 Å². The maximum Gasteiger partial charge on any atom is 0.127 e. The van der Waals surface area contributed by atoms with Crippen molar-refractivity contribution >= 4 is 5.84 Å². The first kappa shape index (κ1) is 13.1. The number of ether oxygens (including phenoxy) is 1. The number of nitrogen functional groups attached to an aromatic ring is 1. The van der Waals surface area contributed by atoms with Crippen LogP contribution in [0.15, 0.2) is 36.4 Å². The molecule has 3 heteroatoms. The van der Waals surface area contributed by atoms with Gasteiger partial charge in [0, 0.05) is 5.56 Å². The molecule has 2 aromatic carbocycles. The van der Waals surface area contributed by atoms with E-state index in [0.717, 1.165) is 22.6 Å². The number of nitrogens with one attached hydrogen (secondary N) is 1. The van der Waals surface area contributed by atoms with Crippen molar-refractivity contribution in [1.82, 2.24) is 0 Å². The Morgan fingerprint density at radius 1 is 0.895 bits per heavy atom. The van der Waals surface area contributed by atoms with E-state index < -0.39 is 0 Å². The summed E-state index contributed by atoms with van der Waals surface area (Å²) in [5.74, 6) is 1.65. The van der Waals surface area contributed by atoms with Gasteiger partial charge in [0.2, 0.25) is 0 Å². The second-order valence-electron chi connectivity index (χ2n) is 4.74. The van der Waals surface area contributed by atoms with E-state index in [1.165, 1.54) is 11.1 Å². The molecule has 98 valence electrons. The highest BCUT2D eigenvalue weighted by atomic mass is 16.5. The van der Waals surface area contributed by atoms with Crippen LogP contribution in [0.4, 0.5) is 0 Å². The van der Waals surface area contributed by atoms with Crippen molar-refractivity contribution in [2.24, 2.45) is 5.73 Å². The number of aryl methyl sites for hydroxylation is 3. The predicted molar refractivity (Wildman–Crippen MR) is 78.2 cm³/mol. The second-order valence-corrected chi connectivity index (χ2v) is 4.74. The number of rotatable bonds is 3. The van der Waals surface area contributed by atoms with Crippen LogP contribution in [-0.4, -0.2) is 5.84 Å². The minimum absolute atomic E-state index is 0.0789. The van der Waals surface area contributed by atoms with Crippen LogP contribution >= 0.6 is 0 Å². The summed E-state index contributed by atoms with van der Waals surface area (Å²) in [5, 5.41) is 7.46. The molecule has 0 radical (unpaired) electrons. The number of amidine groups is 1. The van der Waals surface area contributed by atoms with E-state index in [-0.39, 0.29) is 5.84 Å². The van der Waals surface area contributed by atoms with Gasteiger partial charge >= 0.3 is 0 Å². The summed E-state index contributed by atoms with van der Waals surface area (Å²) in [6.07, 6.45) is 0. The van der Waals surface area contributed by atoms with Gasteiger partial charge < -0.3 is 10.5 Å². The van der Waals surface area contributed by atoms with Crippen LogP contribution in [0.5, 0.6) is 11.5 Å². The fourth-order valence-electron chi connectivity index (χ4n) is 1.92. The minimum Gasteiger partial charge on any atom is -0.457 e. The summed E-state index contributed by atoms with van der Waals surface area (Å²) in [6.45, 7) is 6.06. The van der Waals surface area contributed by atoms with Gasteiger partial charge in [0.25, 0.3) is 0 Å². The van der Waals surface area contributed by atoms with Crippen molar-refractivity contribution < 1.29 is 4.74 Å². The molecule has 0 aromatic heterocycles. The zero-order chi connectivity index (χ0) is 14.0. The quantitative estimate of drug-likeness (QED) is 0.648. The molecule has 0 saturated heterocycles. The van der Waals surface area contributed by atoms with Gasteiger partial charge in [-0.3, -0.25) is 5.41 Å². The van der Waals surface area contributed by atoms with Crippen LogP contribution in [0.2, 0.25) is 0 Å². The van der Waals surface area contributed by atoms with Crippen molar-refractivity contribution in [1.29, 1.82) is 5.41 Å². The minimum atomic E-state index is 0.0789. The first-order chi connectivity index (χ1) is 8.97. The van der Waals surface area contributed by atoms with Gasteiger partial charge in [-0.15, -0.1) is 0 Å². The maximum atomic E-state index is 7.46. The highest BCUT2D eigenvalue weighted by Gasteiger charge is 2.05. The highest BCUT2D eigenvalue weighted by molar-refractivity contribution is 5.96. The van der Waals surface area contributed by atoms with Crippen LogP contribution < -0.4 is 10.5 Å². The first-order valence-corrected chi connectivity index (χ1v) is 6.17. The molecule has 2 rings (SSSR count). The van der Waals surface area contributed by atoms with Crippen molar-refractivity contribution in [3.05, 3.63) is 58.7 Å². The number of hydrogen-bond acceptors (Lipinski definition) is 2. The summed E-state index contributed by atoms with van der Waals surface area (Å²) in [6, 6.07) is 11.6. The Morgan fingerprint density at radius 2 is 1.47 bits per heavy atom. The Labute approximate surface area is 113 Å². The molecule has 2 aromatic rings. The molecule has 3 N–H and O–H groups in total. The molecule has 0 aliphatic carbocycles. The smallest absolute Gasteiger partial charge is 0.127 e. The fourth-order valence-corrected chi connectivity index (χ4v) is 1.92. The van der Waals surface area contributed by atoms with E-state index in [0.29, 0.717) is 0 Å². The average Bonchev–Trinajstić information content (AvgIpc) is 2.33. The summed E-state index contributed by atoms with van der Waals surface area (Å²) in [4.78, 5) is 0. The lowest BCUT2D eigenvalue weighted by atomic mass is 10.1. The molecule has 0 heterocycles. The Bertz CT molecular complexity index is 633.